The number of fused-ring (bicyclic) bond motifs is 1. The Labute approximate surface area is 134 Å². The number of rotatable bonds is 5. The van der Waals surface area contributed by atoms with E-state index in [1.807, 2.05) is 24.4 Å². The number of benzene rings is 1. The maximum Gasteiger partial charge on any atom is 0.231 e. The Morgan fingerprint density at radius 2 is 1.87 bits per heavy atom. The van der Waals surface area contributed by atoms with Gasteiger partial charge in [-0.15, -0.1) is 0 Å². The van der Waals surface area contributed by atoms with E-state index in [0.29, 0.717) is 18.0 Å². The summed E-state index contributed by atoms with van der Waals surface area (Å²) in [6.45, 7) is 0.343. The lowest BCUT2D eigenvalue weighted by molar-refractivity contribution is 0.302. The van der Waals surface area contributed by atoms with Gasteiger partial charge in [-0.1, -0.05) is 0 Å². The van der Waals surface area contributed by atoms with E-state index >= 15 is 0 Å². The third-order valence-corrected chi connectivity index (χ3v) is 4.76. The molecule has 0 radical (unpaired) electrons. The lowest BCUT2D eigenvalue weighted by atomic mass is 10.3. The molecule has 0 fully saturated rings. The Balaban J connectivity index is 1.68. The van der Waals surface area contributed by atoms with Crippen LogP contribution >= 0.6 is 0 Å². The van der Waals surface area contributed by atoms with Crippen LogP contribution in [-0.2, 0) is 16.6 Å². The summed E-state index contributed by atoms with van der Waals surface area (Å²) in [5.41, 5.74) is 2.24. The van der Waals surface area contributed by atoms with Gasteiger partial charge in [-0.3, -0.25) is 4.31 Å². The van der Waals surface area contributed by atoms with Crippen LogP contribution in [0.1, 0.15) is 5.69 Å². The minimum absolute atomic E-state index is 0.343. The van der Waals surface area contributed by atoms with E-state index in [1.165, 1.54) is 17.6 Å². The molecule has 0 atom stereocenters. The molecule has 1 N–H and O–H groups in total. The van der Waals surface area contributed by atoms with Gasteiger partial charge in [0.25, 0.3) is 0 Å². The normalized spacial score (nSPS) is 11.6. The second kappa shape index (κ2) is 5.92. The maximum absolute atomic E-state index is 11.5. The molecule has 0 bridgehead atoms. The van der Waals surface area contributed by atoms with Crippen molar-refractivity contribution in [2.75, 3.05) is 17.6 Å². The number of ether oxygens (including phenoxy) is 1. The molecule has 0 saturated carbocycles. The molecule has 2 heterocycles. The number of hydrogen-bond acceptors (Lipinski definition) is 4. The van der Waals surface area contributed by atoms with Gasteiger partial charge in [-0.25, -0.2) is 13.4 Å². The van der Waals surface area contributed by atoms with Gasteiger partial charge in [0.1, 0.15) is 18.0 Å². The zero-order valence-corrected chi connectivity index (χ0v) is 13.7. The fourth-order valence-electron chi connectivity index (χ4n) is 2.15. The summed E-state index contributed by atoms with van der Waals surface area (Å²) in [5, 5.41) is 1.06. The van der Waals surface area contributed by atoms with Gasteiger partial charge in [-0.05, 0) is 42.5 Å². The second-order valence-electron chi connectivity index (χ2n) is 5.23. The van der Waals surface area contributed by atoms with Crippen LogP contribution in [0.5, 0.6) is 5.75 Å². The number of aromatic nitrogens is 2. The van der Waals surface area contributed by atoms with E-state index in [1.54, 1.807) is 24.3 Å². The first-order valence-electron chi connectivity index (χ1n) is 7.03. The Morgan fingerprint density at radius 1 is 1.13 bits per heavy atom. The molecule has 2 aromatic heterocycles. The van der Waals surface area contributed by atoms with Crippen LogP contribution in [0.15, 0.2) is 48.7 Å². The first-order valence-corrected chi connectivity index (χ1v) is 8.88. The first kappa shape index (κ1) is 15.4. The standard InChI is InChI=1S/C16H17N3O3S/c1-19(23(2,20)21)14-5-7-15(8-6-14)22-11-13-4-3-12-9-10-17-16(12)18-13/h3-10H,11H2,1-2H3,(H,17,18). The highest BCUT2D eigenvalue weighted by atomic mass is 32.2. The van der Waals surface area contributed by atoms with Crippen LogP contribution < -0.4 is 9.04 Å². The number of sulfonamides is 1. The van der Waals surface area contributed by atoms with Gasteiger partial charge >= 0.3 is 0 Å². The van der Waals surface area contributed by atoms with Crippen LogP contribution in [0, 0.1) is 0 Å². The number of hydrogen-bond donors (Lipinski definition) is 1. The zero-order valence-electron chi connectivity index (χ0n) is 12.9. The third-order valence-electron chi connectivity index (χ3n) is 3.55. The average molecular weight is 331 g/mol. The minimum atomic E-state index is -3.26. The van der Waals surface area contributed by atoms with Gasteiger partial charge < -0.3 is 9.72 Å². The highest BCUT2D eigenvalue weighted by Crippen LogP contribution is 2.21. The summed E-state index contributed by atoms with van der Waals surface area (Å²) in [5.74, 6) is 0.657. The van der Waals surface area contributed by atoms with Crippen molar-refractivity contribution < 1.29 is 13.2 Å². The van der Waals surface area contributed by atoms with E-state index in [4.69, 9.17) is 4.74 Å². The molecule has 7 heteroatoms. The van der Waals surface area contributed by atoms with E-state index in [0.717, 1.165) is 16.7 Å². The molecule has 0 spiro atoms. The summed E-state index contributed by atoms with van der Waals surface area (Å²) in [7, 11) is -1.75. The van der Waals surface area contributed by atoms with Gasteiger partial charge in [0.2, 0.25) is 10.0 Å². The molecule has 1 aromatic carbocycles. The topological polar surface area (TPSA) is 75.3 Å². The summed E-state index contributed by atoms with van der Waals surface area (Å²) in [6, 6.07) is 12.8. The lowest BCUT2D eigenvalue weighted by Gasteiger charge is -2.16. The van der Waals surface area contributed by atoms with Crippen molar-refractivity contribution in [2.24, 2.45) is 0 Å². The number of pyridine rings is 1. The third kappa shape index (κ3) is 3.45. The first-order chi connectivity index (χ1) is 10.9. The quantitative estimate of drug-likeness (QED) is 0.779. The molecule has 3 rings (SSSR count). The van der Waals surface area contributed by atoms with Crippen molar-refractivity contribution in [1.82, 2.24) is 9.97 Å². The summed E-state index contributed by atoms with van der Waals surface area (Å²) in [6.07, 6.45) is 3.01. The van der Waals surface area contributed by atoms with E-state index < -0.39 is 10.0 Å². The Morgan fingerprint density at radius 3 is 2.57 bits per heavy atom. The smallest absolute Gasteiger partial charge is 0.231 e. The van der Waals surface area contributed by atoms with Crippen molar-refractivity contribution in [1.29, 1.82) is 0 Å². The number of nitrogens with one attached hydrogen (secondary N) is 1. The van der Waals surface area contributed by atoms with E-state index in [9.17, 15) is 8.42 Å². The molecule has 0 aliphatic carbocycles. The molecule has 0 saturated heterocycles. The highest BCUT2D eigenvalue weighted by Gasteiger charge is 2.11. The summed E-state index contributed by atoms with van der Waals surface area (Å²) < 4.78 is 29.9. The van der Waals surface area contributed by atoms with Crippen LogP contribution in [0.3, 0.4) is 0 Å². The maximum atomic E-state index is 11.5. The zero-order chi connectivity index (χ0) is 16.4. The molecule has 0 aliphatic heterocycles. The molecule has 0 aliphatic rings. The number of nitrogens with zero attached hydrogens (tertiary/aromatic N) is 2. The molecule has 3 aromatic rings. The molecule has 120 valence electrons. The number of anilines is 1. The summed E-state index contributed by atoms with van der Waals surface area (Å²) >= 11 is 0. The van der Waals surface area contributed by atoms with Gasteiger partial charge in [-0.2, -0.15) is 0 Å². The predicted molar refractivity (Wildman–Crippen MR) is 90.1 cm³/mol. The van der Waals surface area contributed by atoms with Crippen molar-refractivity contribution in [3.8, 4) is 5.75 Å². The molecule has 0 unspecified atom stereocenters. The predicted octanol–water partition coefficient (Wildman–Crippen LogP) is 2.54. The van der Waals surface area contributed by atoms with Gasteiger partial charge in [0.15, 0.2) is 0 Å². The van der Waals surface area contributed by atoms with Crippen molar-refractivity contribution in [3.63, 3.8) is 0 Å². The largest absolute Gasteiger partial charge is 0.487 e. The molecule has 6 nitrogen and oxygen atoms in total. The monoisotopic (exact) mass is 331 g/mol. The number of aromatic amines is 1. The van der Waals surface area contributed by atoms with Crippen molar-refractivity contribution in [3.05, 3.63) is 54.4 Å². The second-order valence-corrected chi connectivity index (χ2v) is 7.24. The Kier molecular flexibility index (Phi) is 3.96. The highest BCUT2D eigenvalue weighted by molar-refractivity contribution is 7.92. The fraction of sp³-hybridized carbons (Fsp3) is 0.188. The Hall–Kier alpha value is -2.54. The van der Waals surface area contributed by atoms with Crippen LogP contribution in [0.4, 0.5) is 5.69 Å². The molecular weight excluding hydrogens is 314 g/mol. The SMILES string of the molecule is CN(c1ccc(OCc2ccc3cc[nH]c3n2)cc1)S(C)(=O)=O. The van der Waals surface area contributed by atoms with Crippen molar-refractivity contribution in [2.45, 2.75) is 6.61 Å². The lowest BCUT2D eigenvalue weighted by Crippen LogP contribution is -2.24. The number of H-pyrrole nitrogens is 1. The average Bonchev–Trinajstić information content (AvgIpc) is 2.99. The van der Waals surface area contributed by atoms with Gasteiger partial charge in [0.05, 0.1) is 17.6 Å². The van der Waals surface area contributed by atoms with E-state index in [2.05, 4.69) is 9.97 Å². The fourth-order valence-corrected chi connectivity index (χ4v) is 2.66. The van der Waals surface area contributed by atoms with Crippen LogP contribution in [-0.4, -0.2) is 31.7 Å². The molecule has 0 amide bonds. The van der Waals surface area contributed by atoms with E-state index in [-0.39, 0.29) is 0 Å². The minimum Gasteiger partial charge on any atom is -0.487 e. The van der Waals surface area contributed by atoms with Crippen LogP contribution in [0.25, 0.3) is 11.0 Å². The summed E-state index contributed by atoms with van der Waals surface area (Å²) in [4.78, 5) is 7.52. The van der Waals surface area contributed by atoms with Crippen molar-refractivity contribution >= 4 is 26.7 Å². The molecular formula is C16H17N3O3S. The van der Waals surface area contributed by atoms with Gasteiger partial charge in [0, 0.05) is 18.6 Å². The Bertz CT molecular complexity index is 917. The van der Waals surface area contributed by atoms with Crippen LogP contribution in [0.2, 0.25) is 0 Å². The molecule has 23 heavy (non-hydrogen) atoms.